The summed E-state index contributed by atoms with van der Waals surface area (Å²) in [5.41, 5.74) is 22.0. The first-order valence-corrected chi connectivity index (χ1v) is 26.8. The zero-order valence-electron chi connectivity index (χ0n) is 43.8. The first-order chi connectivity index (χ1) is 37.3. The zero-order valence-corrected chi connectivity index (χ0v) is 43.8. The van der Waals surface area contributed by atoms with Crippen LogP contribution in [0.2, 0.25) is 0 Å². The molecule has 14 rings (SSSR count). The molecule has 0 fully saturated rings. The van der Waals surface area contributed by atoms with E-state index in [0.29, 0.717) is 0 Å². The van der Waals surface area contributed by atoms with Gasteiger partial charge in [-0.15, -0.1) is 0 Å². The summed E-state index contributed by atoms with van der Waals surface area (Å²) >= 11 is 0. The summed E-state index contributed by atoms with van der Waals surface area (Å²) in [5.74, 6) is 0. The molecule has 4 heteroatoms. The fourth-order valence-corrected chi connectivity index (χ4v) is 12.3. The van der Waals surface area contributed by atoms with E-state index in [2.05, 4.69) is 258 Å². The number of fused-ring (bicyclic) bond motifs is 6. The summed E-state index contributed by atoms with van der Waals surface area (Å²) in [6.07, 6.45) is 1.87. The molecular weight excluding hydrogens is 925 g/mol. The van der Waals surface area contributed by atoms with Crippen molar-refractivity contribution < 1.29 is 8.83 Å². The number of rotatable bonds is 10. The molecular formula is C72H56N2O2. The van der Waals surface area contributed by atoms with Gasteiger partial charge in [-0.3, -0.25) is 0 Å². The molecule has 0 aliphatic heterocycles. The Bertz CT molecular complexity index is 4330. The van der Waals surface area contributed by atoms with Gasteiger partial charge in [0.05, 0.1) is 22.7 Å². The van der Waals surface area contributed by atoms with E-state index in [4.69, 9.17) is 8.83 Å². The van der Waals surface area contributed by atoms with E-state index in [-0.39, 0.29) is 0 Å². The predicted octanol–water partition coefficient (Wildman–Crippen LogP) is 21.0. The first kappa shape index (κ1) is 45.5. The molecule has 12 aromatic carbocycles. The van der Waals surface area contributed by atoms with Crippen LogP contribution in [0, 0.1) is 27.7 Å². The SMILES string of the molecule is CCc1ccccc1-c1cccc2c1oc1c(N(c3ccc(C)c(C)c3)c3ccc4ccc5c(N(c6ccc(C)c(C)c6)c6cccc7c6oc6c(-c8ccccc8CC)cccc67)ccc6ccc3c4c65)cccc12. The lowest BCUT2D eigenvalue weighted by Gasteiger charge is -2.29. The Hall–Kier alpha value is -9.12. The summed E-state index contributed by atoms with van der Waals surface area (Å²) < 4.78 is 14.5. The van der Waals surface area contributed by atoms with Crippen LogP contribution in [0.4, 0.5) is 34.1 Å². The quantitative estimate of drug-likeness (QED) is 0.128. The zero-order chi connectivity index (χ0) is 51.3. The van der Waals surface area contributed by atoms with Crippen LogP contribution in [0.1, 0.15) is 47.2 Å². The highest BCUT2D eigenvalue weighted by Crippen LogP contribution is 2.51. The lowest BCUT2D eigenvalue weighted by Crippen LogP contribution is -2.12. The minimum absolute atomic E-state index is 0.857. The molecule has 0 saturated heterocycles. The number of aryl methyl sites for hydroxylation is 6. The van der Waals surface area contributed by atoms with Crippen molar-refractivity contribution >= 4 is 110 Å². The van der Waals surface area contributed by atoms with Crippen molar-refractivity contribution in [3.8, 4) is 22.3 Å². The summed E-state index contributed by atoms with van der Waals surface area (Å²) in [6.45, 7) is 13.2. The second-order valence-electron chi connectivity index (χ2n) is 20.7. The molecule has 4 nitrogen and oxygen atoms in total. The maximum atomic E-state index is 7.25. The molecule has 0 bridgehead atoms. The first-order valence-electron chi connectivity index (χ1n) is 26.8. The third-order valence-electron chi connectivity index (χ3n) is 16.5. The largest absolute Gasteiger partial charge is 0.453 e. The van der Waals surface area contributed by atoms with E-state index in [1.807, 2.05) is 0 Å². The van der Waals surface area contributed by atoms with Crippen LogP contribution in [0.15, 0.2) is 215 Å². The number of para-hydroxylation sites is 4. The monoisotopic (exact) mass is 980 g/mol. The summed E-state index contributed by atoms with van der Waals surface area (Å²) in [6, 6.07) is 76.0. The summed E-state index contributed by atoms with van der Waals surface area (Å²) in [7, 11) is 0. The minimum Gasteiger partial charge on any atom is -0.453 e. The van der Waals surface area contributed by atoms with E-state index in [9.17, 15) is 0 Å². The van der Waals surface area contributed by atoms with Crippen molar-refractivity contribution in [3.63, 3.8) is 0 Å². The molecule has 2 aromatic heterocycles. The van der Waals surface area contributed by atoms with Gasteiger partial charge in [0.1, 0.15) is 11.2 Å². The van der Waals surface area contributed by atoms with Gasteiger partial charge in [-0.2, -0.15) is 0 Å². The minimum atomic E-state index is 0.857. The number of benzene rings is 12. The van der Waals surface area contributed by atoms with E-state index in [0.717, 1.165) is 113 Å². The van der Waals surface area contributed by atoms with Crippen LogP contribution >= 0.6 is 0 Å². The van der Waals surface area contributed by atoms with E-state index >= 15 is 0 Å². The van der Waals surface area contributed by atoms with Crippen molar-refractivity contribution in [2.45, 2.75) is 54.4 Å². The average molecular weight is 981 g/mol. The number of nitrogens with zero attached hydrogens (tertiary/aromatic N) is 2. The van der Waals surface area contributed by atoms with Crippen LogP contribution in [0.3, 0.4) is 0 Å². The molecule has 0 spiro atoms. The molecule has 76 heavy (non-hydrogen) atoms. The Morgan fingerprint density at radius 1 is 0.303 bits per heavy atom. The fraction of sp³-hybridized carbons (Fsp3) is 0.111. The van der Waals surface area contributed by atoms with Crippen molar-refractivity contribution in [1.82, 2.24) is 0 Å². The lowest BCUT2D eigenvalue weighted by molar-refractivity contribution is 0.669. The van der Waals surface area contributed by atoms with Crippen LogP contribution in [-0.2, 0) is 12.8 Å². The van der Waals surface area contributed by atoms with Crippen LogP contribution < -0.4 is 9.80 Å². The molecule has 0 saturated carbocycles. The molecule has 0 aliphatic rings. The Morgan fingerprint density at radius 3 is 1.11 bits per heavy atom. The van der Waals surface area contributed by atoms with E-state index in [1.165, 1.54) is 66.1 Å². The standard InChI is InChI=1S/C72H56N2O2/c1-7-47-17-9-11-19-53(47)55-21-13-23-57-59-25-15-27-65(71(59)75-69(55)57)73(51-35-29-43(3)45(5)41-51)63-39-33-49-32-38-62-64(40-34-50-31-37-61(63)67(49)68(50)62)74(52-36-30-44(4)46(6)42-52)66-28-16-26-60-58-24-14-22-56(70(58)76-72(60)66)54-20-12-10-18-48(54)8-2/h9-42H,7-8H2,1-6H3. The Morgan fingerprint density at radius 2 is 0.684 bits per heavy atom. The van der Waals surface area contributed by atoms with Gasteiger partial charge in [-0.25, -0.2) is 0 Å². The second-order valence-corrected chi connectivity index (χ2v) is 20.7. The summed E-state index contributed by atoms with van der Waals surface area (Å²) in [4.78, 5) is 4.86. The van der Waals surface area contributed by atoms with Crippen LogP contribution in [-0.4, -0.2) is 0 Å². The average Bonchev–Trinajstić information content (AvgIpc) is 4.05. The van der Waals surface area contributed by atoms with Gasteiger partial charge in [0, 0.05) is 54.8 Å². The number of anilines is 6. The van der Waals surface area contributed by atoms with Gasteiger partial charge >= 0.3 is 0 Å². The normalized spacial score (nSPS) is 11.9. The lowest BCUT2D eigenvalue weighted by atomic mass is 9.91. The number of furan rings is 2. The molecule has 0 radical (unpaired) electrons. The highest BCUT2D eigenvalue weighted by molar-refractivity contribution is 6.29. The van der Waals surface area contributed by atoms with Gasteiger partial charge in [0.15, 0.2) is 11.2 Å². The molecule has 366 valence electrons. The fourth-order valence-electron chi connectivity index (χ4n) is 12.3. The summed E-state index contributed by atoms with van der Waals surface area (Å²) in [5, 5.41) is 11.5. The number of hydrogen-bond donors (Lipinski definition) is 0. The van der Waals surface area contributed by atoms with E-state index in [1.54, 1.807) is 0 Å². The highest BCUT2D eigenvalue weighted by atomic mass is 16.3. The van der Waals surface area contributed by atoms with Gasteiger partial charge in [-0.05, 0) is 155 Å². The Balaban J connectivity index is 1.01. The topological polar surface area (TPSA) is 32.8 Å². The molecule has 0 amide bonds. The van der Waals surface area contributed by atoms with Gasteiger partial charge in [0.25, 0.3) is 0 Å². The second kappa shape index (κ2) is 17.8. The van der Waals surface area contributed by atoms with Gasteiger partial charge in [0.2, 0.25) is 0 Å². The van der Waals surface area contributed by atoms with Gasteiger partial charge < -0.3 is 18.6 Å². The maximum Gasteiger partial charge on any atom is 0.159 e. The third-order valence-corrected chi connectivity index (χ3v) is 16.5. The van der Waals surface area contributed by atoms with E-state index < -0.39 is 0 Å². The smallest absolute Gasteiger partial charge is 0.159 e. The van der Waals surface area contributed by atoms with Gasteiger partial charge in [-0.1, -0.05) is 172 Å². The molecule has 0 aliphatic carbocycles. The third kappa shape index (κ3) is 6.97. The molecule has 0 N–H and O–H groups in total. The number of hydrogen-bond acceptors (Lipinski definition) is 4. The molecule has 14 aromatic rings. The van der Waals surface area contributed by atoms with Crippen LogP contribution in [0.5, 0.6) is 0 Å². The molecule has 0 unspecified atom stereocenters. The van der Waals surface area contributed by atoms with Crippen molar-refractivity contribution in [2.24, 2.45) is 0 Å². The van der Waals surface area contributed by atoms with Crippen molar-refractivity contribution in [2.75, 3.05) is 9.80 Å². The Kier molecular flexibility index (Phi) is 10.6. The highest BCUT2D eigenvalue weighted by Gasteiger charge is 2.27. The molecule has 2 heterocycles. The maximum absolute atomic E-state index is 7.25. The molecule has 0 atom stereocenters. The predicted molar refractivity (Wildman–Crippen MR) is 323 cm³/mol. The van der Waals surface area contributed by atoms with Crippen molar-refractivity contribution in [1.29, 1.82) is 0 Å². The van der Waals surface area contributed by atoms with Crippen LogP contribution in [0.25, 0.3) is 98.4 Å². The Labute approximate surface area is 443 Å². The van der Waals surface area contributed by atoms with Crippen molar-refractivity contribution in [3.05, 3.63) is 240 Å².